The Balaban J connectivity index is 2.29. The summed E-state index contributed by atoms with van der Waals surface area (Å²) in [5, 5.41) is 7.47. The van der Waals surface area contributed by atoms with Gasteiger partial charge in [0.1, 0.15) is 15.8 Å². The fourth-order valence-corrected chi connectivity index (χ4v) is 3.16. The lowest BCUT2D eigenvalue weighted by molar-refractivity contribution is -0.122. The summed E-state index contributed by atoms with van der Waals surface area (Å²) in [7, 11) is 0. The Hall–Kier alpha value is -1.45. The van der Waals surface area contributed by atoms with Crippen LogP contribution in [0.1, 0.15) is 25.8 Å². The van der Waals surface area contributed by atoms with E-state index in [2.05, 4.69) is 41.5 Å². The number of nitrogens with two attached hydrogens (primary N) is 1. The van der Waals surface area contributed by atoms with Gasteiger partial charge in [0, 0.05) is 12.7 Å². The molecule has 4 N–H and O–H groups in total. The van der Waals surface area contributed by atoms with Crippen molar-refractivity contribution in [3.8, 4) is 0 Å². The molecule has 0 radical (unpaired) electrons. The van der Waals surface area contributed by atoms with E-state index in [0.29, 0.717) is 21.8 Å². The van der Waals surface area contributed by atoms with Gasteiger partial charge in [-0.2, -0.15) is 4.98 Å². The zero-order valence-electron chi connectivity index (χ0n) is 12.8. The molecule has 7 nitrogen and oxygen atoms in total. The van der Waals surface area contributed by atoms with E-state index in [1.54, 1.807) is 20.0 Å². The first-order valence-corrected chi connectivity index (χ1v) is 8.74. The molecule has 0 spiro atoms. The van der Waals surface area contributed by atoms with Crippen LogP contribution in [0.3, 0.4) is 0 Å². The number of hydrogen-bond donors (Lipinski definition) is 3. The highest BCUT2D eigenvalue weighted by Crippen LogP contribution is 2.37. The van der Waals surface area contributed by atoms with Crippen molar-refractivity contribution in [2.75, 3.05) is 17.2 Å². The number of nitrogens with one attached hydrogen (secondary N) is 2. The molecule has 0 aliphatic heterocycles. The first-order chi connectivity index (χ1) is 10.8. The minimum atomic E-state index is -0.899. The molecular formula is C13H16BrClN6OS. The third-order valence-electron chi connectivity index (χ3n) is 3.05. The Bertz CT molecular complexity index is 735. The maximum absolute atomic E-state index is 11.5. The van der Waals surface area contributed by atoms with Gasteiger partial charge in [-0.25, -0.2) is 9.97 Å². The molecule has 0 aliphatic carbocycles. The van der Waals surface area contributed by atoms with E-state index in [4.69, 9.17) is 17.3 Å². The number of carbonyl (C=O) groups is 1. The van der Waals surface area contributed by atoms with Crippen LogP contribution in [0.15, 0.2) is 10.7 Å². The molecule has 0 aromatic carbocycles. The van der Waals surface area contributed by atoms with E-state index in [1.807, 2.05) is 6.92 Å². The second kappa shape index (κ2) is 6.98. The number of thiazole rings is 1. The van der Waals surface area contributed by atoms with E-state index in [0.717, 1.165) is 11.0 Å². The fourth-order valence-electron chi connectivity index (χ4n) is 1.57. The van der Waals surface area contributed by atoms with Gasteiger partial charge in [0.15, 0.2) is 5.15 Å². The molecule has 0 saturated carbocycles. The van der Waals surface area contributed by atoms with Crippen molar-refractivity contribution < 1.29 is 4.79 Å². The number of amides is 1. The zero-order chi connectivity index (χ0) is 17.2. The molecule has 0 unspecified atom stereocenters. The Labute approximate surface area is 151 Å². The van der Waals surface area contributed by atoms with Gasteiger partial charge in [0.25, 0.3) is 0 Å². The molecule has 0 fully saturated rings. The van der Waals surface area contributed by atoms with Crippen LogP contribution in [0.4, 0.5) is 16.8 Å². The molecule has 0 bridgehead atoms. The standard InChI is InChI=1S/C13H16BrClN6OS/c1-4-17-8-6(14)5-18-12(20-8)21-9-7(15)19-11(23-9)13(2,3)10(16)22/h5H,4H2,1-3H3,(H2,16,22)(H2,17,18,20,21). The van der Waals surface area contributed by atoms with Crippen molar-refractivity contribution in [3.05, 3.63) is 20.8 Å². The Morgan fingerprint density at radius 1 is 1.48 bits per heavy atom. The van der Waals surface area contributed by atoms with Crippen molar-refractivity contribution >= 4 is 61.5 Å². The third kappa shape index (κ3) is 3.91. The molecule has 2 rings (SSSR count). The number of nitrogens with zero attached hydrogens (tertiary/aromatic N) is 3. The number of carbonyl (C=O) groups excluding carboxylic acids is 1. The smallest absolute Gasteiger partial charge is 0.229 e. The molecular weight excluding hydrogens is 404 g/mol. The van der Waals surface area contributed by atoms with Crippen LogP contribution in [0.2, 0.25) is 5.15 Å². The number of rotatable bonds is 6. The van der Waals surface area contributed by atoms with Crippen LogP contribution in [0.25, 0.3) is 0 Å². The van der Waals surface area contributed by atoms with E-state index in [9.17, 15) is 4.79 Å². The molecule has 2 aromatic heterocycles. The van der Waals surface area contributed by atoms with Crippen molar-refractivity contribution in [1.82, 2.24) is 15.0 Å². The third-order valence-corrected chi connectivity index (χ3v) is 5.31. The topological polar surface area (TPSA) is 106 Å². The summed E-state index contributed by atoms with van der Waals surface area (Å²) in [5.41, 5.74) is 4.51. The molecule has 2 heterocycles. The summed E-state index contributed by atoms with van der Waals surface area (Å²) in [6, 6.07) is 0. The predicted molar refractivity (Wildman–Crippen MR) is 96.5 cm³/mol. The van der Waals surface area contributed by atoms with Gasteiger partial charge in [-0.15, -0.1) is 0 Å². The molecule has 23 heavy (non-hydrogen) atoms. The van der Waals surface area contributed by atoms with E-state index in [-0.39, 0.29) is 5.15 Å². The molecule has 10 heteroatoms. The van der Waals surface area contributed by atoms with E-state index >= 15 is 0 Å². The van der Waals surface area contributed by atoms with Gasteiger partial charge >= 0.3 is 0 Å². The highest BCUT2D eigenvalue weighted by molar-refractivity contribution is 9.10. The first-order valence-electron chi connectivity index (χ1n) is 6.75. The Morgan fingerprint density at radius 2 is 2.17 bits per heavy atom. The summed E-state index contributed by atoms with van der Waals surface area (Å²) < 4.78 is 0.760. The number of halogens is 2. The minimum absolute atomic E-state index is 0.246. The van der Waals surface area contributed by atoms with E-state index in [1.165, 1.54) is 11.3 Å². The fraction of sp³-hybridized carbons (Fsp3) is 0.385. The lowest BCUT2D eigenvalue weighted by atomic mass is 9.94. The highest BCUT2D eigenvalue weighted by atomic mass is 79.9. The maximum atomic E-state index is 11.5. The van der Waals surface area contributed by atoms with Crippen LogP contribution in [0, 0.1) is 0 Å². The molecule has 1 amide bonds. The van der Waals surface area contributed by atoms with Crippen molar-refractivity contribution in [1.29, 1.82) is 0 Å². The van der Waals surface area contributed by atoms with Gasteiger partial charge in [-0.3, -0.25) is 4.79 Å². The average molecular weight is 420 g/mol. The zero-order valence-corrected chi connectivity index (χ0v) is 15.9. The largest absolute Gasteiger partial charge is 0.369 e. The number of primary amides is 1. The summed E-state index contributed by atoms with van der Waals surface area (Å²) in [5.74, 6) is 0.574. The highest BCUT2D eigenvalue weighted by Gasteiger charge is 2.32. The van der Waals surface area contributed by atoms with Gasteiger partial charge < -0.3 is 16.4 Å². The van der Waals surface area contributed by atoms with Gasteiger partial charge in [0.05, 0.1) is 9.89 Å². The normalized spacial score (nSPS) is 11.3. The second-order valence-electron chi connectivity index (χ2n) is 5.17. The molecule has 124 valence electrons. The summed E-state index contributed by atoms with van der Waals surface area (Å²) >= 11 is 10.8. The lowest BCUT2D eigenvalue weighted by Gasteiger charge is -2.16. The molecule has 0 atom stereocenters. The minimum Gasteiger partial charge on any atom is -0.369 e. The summed E-state index contributed by atoms with van der Waals surface area (Å²) in [6.07, 6.45) is 1.64. The number of anilines is 3. The van der Waals surface area contributed by atoms with Crippen molar-refractivity contribution in [3.63, 3.8) is 0 Å². The average Bonchev–Trinajstić information content (AvgIpc) is 2.84. The van der Waals surface area contributed by atoms with Crippen molar-refractivity contribution in [2.45, 2.75) is 26.2 Å². The summed E-state index contributed by atoms with van der Waals surface area (Å²) in [6.45, 7) is 6.11. The molecule has 0 aliphatic rings. The lowest BCUT2D eigenvalue weighted by Crippen LogP contribution is -2.35. The summed E-state index contributed by atoms with van der Waals surface area (Å²) in [4.78, 5) is 24.3. The van der Waals surface area contributed by atoms with E-state index < -0.39 is 11.3 Å². The SMILES string of the molecule is CCNc1nc(Nc2sc(C(C)(C)C(N)=O)nc2Cl)ncc1Br. The van der Waals surface area contributed by atoms with Gasteiger partial charge in [-0.05, 0) is 36.7 Å². The van der Waals surface area contributed by atoms with Crippen molar-refractivity contribution in [2.24, 2.45) is 5.73 Å². The predicted octanol–water partition coefficient (Wildman–Crippen LogP) is 3.29. The molecule has 2 aromatic rings. The van der Waals surface area contributed by atoms with Gasteiger partial charge in [0.2, 0.25) is 11.9 Å². The maximum Gasteiger partial charge on any atom is 0.229 e. The van der Waals surface area contributed by atoms with Crippen LogP contribution in [-0.4, -0.2) is 27.4 Å². The number of hydrogen-bond acceptors (Lipinski definition) is 7. The monoisotopic (exact) mass is 418 g/mol. The Morgan fingerprint density at radius 3 is 2.78 bits per heavy atom. The number of aromatic nitrogens is 3. The van der Waals surface area contributed by atoms with Crippen LogP contribution in [0.5, 0.6) is 0 Å². The quantitative estimate of drug-likeness (QED) is 0.663. The van der Waals surface area contributed by atoms with Gasteiger partial charge in [-0.1, -0.05) is 22.9 Å². The molecule has 0 saturated heterocycles. The second-order valence-corrected chi connectivity index (χ2v) is 7.39. The van der Waals surface area contributed by atoms with Crippen LogP contribution < -0.4 is 16.4 Å². The Kier molecular flexibility index (Phi) is 5.43. The van der Waals surface area contributed by atoms with Crippen LogP contribution in [-0.2, 0) is 10.2 Å². The first kappa shape index (κ1) is 17.9. The van der Waals surface area contributed by atoms with Crippen LogP contribution >= 0.6 is 38.9 Å².